The molecular weight excluding hydrogens is 395 g/mol. The Balaban J connectivity index is 0.00000243. The number of likely N-dealkylation sites (tertiary alicyclic amines) is 1. The van der Waals surface area contributed by atoms with E-state index in [1.165, 1.54) is 0 Å². The van der Waals surface area contributed by atoms with Crippen molar-refractivity contribution < 1.29 is 9.53 Å². The summed E-state index contributed by atoms with van der Waals surface area (Å²) in [4.78, 5) is 14.5. The molecule has 2 aromatic carbocycles. The molecule has 7 heteroatoms. The third-order valence-corrected chi connectivity index (χ3v) is 5.11. The van der Waals surface area contributed by atoms with Crippen LogP contribution in [0.25, 0.3) is 0 Å². The van der Waals surface area contributed by atoms with Crippen LogP contribution in [-0.2, 0) is 0 Å². The predicted molar refractivity (Wildman–Crippen MR) is 108 cm³/mol. The van der Waals surface area contributed by atoms with E-state index in [2.05, 4.69) is 5.32 Å². The first-order valence-corrected chi connectivity index (χ1v) is 9.00. The first-order chi connectivity index (χ1) is 12.1. The van der Waals surface area contributed by atoms with Crippen LogP contribution in [0.1, 0.15) is 16.8 Å². The highest BCUT2D eigenvalue weighted by Crippen LogP contribution is 2.34. The zero-order chi connectivity index (χ0) is 17.8. The first-order valence-electron chi connectivity index (χ1n) is 8.24. The molecule has 26 heavy (non-hydrogen) atoms. The molecule has 1 heterocycles. The largest absolute Gasteiger partial charge is 0.456 e. The van der Waals surface area contributed by atoms with E-state index in [-0.39, 0.29) is 18.3 Å². The Labute approximate surface area is 169 Å². The molecule has 3 rings (SSSR count). The van der Waals surface area contributed by atoms with Crippen molar-refractivity contribution in [3.8, 4) is 11.5 Å². The Kier molecular flexibility index (Phi) is 7.59. The molecule has 1 fully saturated rings. The van der Waals surface area contributed by atoms with Crippen molar-refractivity contribution in [2.45, 2.75) is 6.42 Å². The molecule has 140 valence electrons. The zero-order valence-corrected chi connectivity index (χ0v) is 16.7. The van der Waals surface area contributed by atoms with Crippen LogP contribution in [-0.4, -0.2) is 37.5 Å². The lowest BCUT2D eigenvalue weighted by Gasteiger charge is -2.17. The fraction of sp³-hybridized carbons (Fsp3) is 0.316. The van der Waals surface area contributed by atoms with Gasteiger partial charge in [-0.1, -0.05) is 29.3 Å². The zero-order valence-electron chi connectivity index (χ0n) is 14.4. The third kappa shape index (κ3) is 4.83. The number of nitrogens with zero attached hydrogens (tertiary/aromatic N) is 1. The molecule has 4 nitrogen and oxygen atoms in total. The lowest BCUT2D eigenvalue weighted by Crippen LogP contribution is -2.30. The van der Waals surface area contributed by atoms with Crippen molar-refractivity contribution in [1.82, 2.24) is 10.2 Å². The normalized spacial score (nSPS) is 16.3. The van der Waals surface area contributed by atoms with Gasteiger partial charge in [-0.3, -0.25) is 4.79 Å². The number of amides is 1. The van der Waals surface area contributed by atoms with Crippen LogP contribution in [0.15, 0.2) is 42.5 Å². The van der Waals surface area contributed by atoms with Gasteiger partial charge in [-0.05, 0) is 62.3 Å². The maximum absolute atomic E-state index is 12.6. The van der Waals surface area contributed by atoms with Crippen molar-refractivity contribution in [3.63, 3.8) is 0 Å². The molecule has 1 unspecified atom stereocenters. The van der Waals surface area contributed by atoms with Gasteiger partial charge < -0.3 is 15.0 Å². The Morgan fingerprint density at radius 3 is 2.65 bits per heavy atom. The molecule has 1 atom stereocenters. The molecule has 1 aliphatic rings. The molecule has 1 N–H and O–H groups in total. The Morgan fingerprint density at radius 2 is 1.96 bits per heavy atom. The number of halogens is 3. The number of carbonyl (C=O) groups excluding carboxylic acids is 1. The van der Waals surface area contributed by atoms with Crippen molar-refractivity contribution in [1.29, 1.82) is 0 Å². The number of hydrogen-bond donors (Lipinski definition) is 1. The number of hydrogen-bond acceptors (Lipinski definition) is 3. The second-order valence-corrected chi connectivity index (χ2v) is 6.93. The third-order valence-electron chi connectivity index (χ3n) is 4.31. The van der Waals surface area contributed by atoms with E-state index in [4.69, 9.17) is 27.9 Å². The van der Waals surface area contributed by atoms with E-state index >= 15 is 0 Å². The Bertz CT molecular complexity index is 753. The molecule has 0 radical (unpaired) electrons. The molecule has 2 aromatic rings. The number of carbonyl (C=O) groups is 1. The lowest BCUT2D eigenvalue weighted by atomic mass is 10.1. The van der Waals surface area contributed by atoms with E-state index in [1.807, 2.05) is 11.9 Å². The highest BCUT2D eigenvalue weighted by atomic mass is 35.5. The fourth-order valence-electron chi connectivity index (χ4n) is 3.01. The minimum atomic E-state index is 0. The summed E-state index contributed by atoms with van der Waals surface area (Å²) in [5.41, 5.74) is 0.662. The van der Waals surface area contributed by atoms with Crippen molar-refractivity contribution >= 4 is 41.5 Å². The van der Waals surface area contributed by atoms with Gasteiger partial charge in [0.1, 0.15) is 16.5 Å². The molecule has 1 saturated heterocycles. The maximum atomic E-state index is 12.6. The van der Waals surface area contributed by atoms with Crippen LogP contribution >= 0.6 is 35.6 Å². The topological polar surface area (TPSA) is 41.6 Å². The van der Waals surface area contributed by atoms with Gasteiger partial charge in [0.15, 0.2) is 0 Å². The van der Waals surface area contributed by atoms with E-state index in [0.29, 0.717) is 33.0 Å². The summed E-state index contributed by atoms with van der Waals surface area (Å²) in [5.74, 6) is 1.69. The standard InChI is InChI=1S/C19H20Cl2N2O2.ClH/c1-22-11-13-9-10-23(12-13)19(24)14-5-7-15(8-6-14)25-17-4-2-3-16(20)18(17)21;/h2-8,13,22H,9-12H2,1H3;1H. The maximum Gasteiger partial charge on any atom is 0.253 e. The van der Waals surface area contributed by atoms with Gasteiger partial charge in [-0.25, -0.2) is 0 Å². The smallest absolute Gasteiger partial charge is 0.253 e. The van der Waals surface area contributed by atoms with Crippen molar-refractivity contribution in [3.05, 3.63) is 58.1 Å². The molecule has 1 amide bonds. The highest BCUT2D eigenvalue weighted by molar-refractivity contribution is 6.42. The highest BCUT2D eigenvalue weighted by Gasteiger charge is 2.26. The molecule has 0 saturated carbocycles. The molecule has 0 aliphatic carbocycles. The number of benzene rings is 2. The van der Waals surface area contributed by atoms with Gasteiger partial charge in [0.2, 0.25) is 0 Å². The van der Waals surface area contributed by atoms with Gasteiger partial charge in [0.25, 0.3) is 5.91 Å². The monoisotopic (exact) mass is 414 g/mol. The van der Waals surface area contributed by atoms with E-state index in [1.54, 1.807) is 42.5 Å². The summed E-state index contributed by atoms with van der Waals surface area (Å²) in [6.45, 7) is 2.55. The summed E-state index contributed by atoms with van der Waals surface area (Å²) < 4.78 is 5.75. The average molecular weight is 416 g/mol. The van der Waals surface area contributed by atoms with Gasteiger partial charge in [0.05, 0.1) is 5.02 Å². The van der Waals surface area contributed by atoms with Gasteiger partial charge in [-0.2, -0.15) is 0 Å². The molecular formula is C19H21Cl3N2O2. The quantitative estimate of drug-likeness (QED) is 0.756. The summed E-state index contributed by atoms with van der Waals surface area (Å²) >= 11 is 12.1. The van der Waals surface area contributed by atoms with Crippen LogP contribution in [0, 0.1) is 5.92 Å². The minimum absolute atomic E-state index is 0. The second-order valence-electron chi connectivity index (χ2n) is 6.14. The number of ether oxygens (including phenoxy) is 1. The van der Waals surface area contributed by atoms with Crippen LogP contribution in [0.2, 0.25) is 10.0 Å². The molecule has 1 aliphatic heterocycles. The van der Waals surface area contributed by atoms with Gasteiger partial charge in [-0.15, -0.1) is 12.4 Å². The number of nitrogens with one attached hydrogen (secondary N) is 1. The first kappa shape index (κ1) is 20.8. The van der Waals surface area contributed by atoms with Gasteiger partial charge >= 0.3 is 0 Å². The average Bonchev–Trinajstić information content (AvgIpc) is 3.08. The van der Waals surface area contributed by atoms with Crippen LogP contribution in [0.4, 0.5) is 0 Å². The van der Waals surface area contributed by atoms with Crippen molar-refractivity contribution in [2.24, 2.45) is 5.92 Å². The van der Waals surface area contributed by atoms with E-state index < -0.39 is 0 Å². The van der Waals surface area contributed by atoms with E-state index in [0.717, 1.165) is 26.1 Å². The summed E-state index contributed by atoms with van der Waals surface area (Å²) in [5, 5.41) is 3.99. The van der Waals surface area contributed by atoms with Gasteiger partial charge in [0, 0.05) is 18.7 Å². The summed E-state index contributed by atoms with van der Waals surface area (Å²) in [6.07, 6.45) is 1.04. The van der Waals surface area contributed by atoms with Crippen LogP contribution < -0.4 is 10.1 Å². The summed E-state index contributed by atoms with van der Waals surface area (Å²) in [6, 6.07) is 12.3. The van der Waals surface area contributed by atoms with E-state index in [9.17, 15) is 4.79 Å². The Morgan fingerprint density at radius 1 is 1.23 bits per heavy atom. The summed E-state index contributed by atoms with van der Waals surface area (Å²) in [7, 11) is 1.94. The SMILES string of the molecule is CNCC1CCN(C(=O)c2ccc(Oc3cccc(Cl)c3Cl)cc2)C1.Cl. The van der Waals surface area contributed by atoms with Crippen LogP contribution in [0.5, 0.6) is 11.5 Å². The Hall–Kier alpha value is -1.46. The predicted octanol–water partition coefficient (Wildman–Crippen LogP) is 4.89. The fourth-order valence-corrected chi connectivity index (χ4v) is 3.34. The van der Waals surface area contributed by atoms with Crippen molar-refractivity contribution in [2.75, 3.05) is 26.7 Å². The molecule has 0 spiro atoms. The number of rotatable bonds is 5. The van der Waals surface area contributed by atoms with Crippen LogP contribution in [0.3, 0.4) is 0 Å². The minimum Gasteiger partial charge on any atom is -0.456 e. The second kappa shape index (κ2) is 9.47. The lowest BCUT2D eigenvalue weighted by molar-refractivity contribution is 0.0787. The molecule has 0 aromatic heterocycles. The molecule has 0 bridgehead atoms.